The second kappa shape index (κ2) is 7.11. The highest BCUT2D eigenvalue weighted by atomic mass is 16.5. The van der Waals surface area contributed by atoms with E-state index >= 15 is 0 Å². The standard InChI is InChI=1S/C22H24N4O2/c1-14-5-10-19(15(2)11-14)26-13-17(12-20(26)27)22-23-21(24-28-22)16-6-8-18(9-7-16)25(3)4/h5-11,17H,12-13H2,1-4H3. The molecule has 0 radical (unpaired) electrons. The van der Waals surface area contributed by atoms with Gasteiger partial charge in [0.2, 0.25) is 17.6 Å². The maximum Gasteiger partial charge on any atom is 0.232 e. The lowest BCUT2D eigenvalue weighted by Crippen LogP contribution is -2.25. The smallest absolute Gasteiger partial charge is 0.232 e. The zero-order valence-electron chi connectivity index (χ0n) is 16.6. The van der Waals surface area contributed by atoms with Crippen LogP contribution in [-0.4, -0.2) is 36.7 Å². The molecule has 1 saturated heterocycles. The van der Waals surface area contributed by atoms with Gasteiger partial charge in [-0.3, -0.25) is 4.79 Å². The van der Waals surface area contributed by atoms with Gasteiger partial charge in [-0.15, -0.1) is 0 Å². The fourth-order valence-electron chi connectivity index (χ4n) is 3.64. The monoisotopic (exact) mass is 376 g/mol. The molecule has 4 rings (SSSR count). The van der Waals surface area contributed by atoms with Crippen molar-refractivity contribution in [2.45, 2.75) is 26.2 Å². The van der Waals surface area contributed by atoms with Gasteiger partial charge in [-0.05, 0) is 49.7 Å². The molecule has 1 atom stereocenters. The Hall–Kier alpha value is -3.15. The maximum atomic E-state index is 12.6. The van der Waals surface area contributed by atoms with E-state index in [9.17, 15) is 4.79 Å². The molecule has 28 heavy (non-hydrogen) atoms. The van der Waals surface area contributed by atoms with Crippen LogP contribution < -0.4 is 9.80 Å². The lowest BCUT2D eigenvalue weighted by molar-refractivity contribution is -0.117. The summed E-state index contributed by atoms with van der Waals surface area (Å²) in [6.45, 7) is 4.64. The number of nitrogens with zero attached hydrogens (tertiary/aromatic N) is 4. The number of rotatable bonds is 4. The summed E-state index contributed by atoms with van der Waals surface area (Å²) < 4.78 is 5.51. The number of hydrogen-bond acceptors (Lipinski definition) is 5. The van der Waals surface area contributed by atoms with Crippen molar-refractivity contribution >= 4 is 17.3 Å². The van der Waals surface area contributed by atoms with Gasteiger partial charge >= 0.3 is 0 Å². The van der Waals surface area contributed by atoms with Gasteiger partial charge < -0.3 is 14.3 Å². The van der Waals surface area contributed by atoms with E-state index in [2.05, 4.69) is 23.1 Å². The van der Waals surface area contributed by atoms with Crippen molar-refractivity contribution < 1.29 is 9.32 Å². The van der Waals surface area contributed by atoms with Crippen LogP contribution in [0.5, 0.6) is 0 Å². The number of hydrogen-bond donors (Lipinski definition) is 0. The van der Waals surface area contributed by atoms with Crippen molar-refractivity contribution in [3.8, 4) is 11.4 Å². The fourth-order valence-corrected chi connectivity index (χ4v) is 3.64. The third-order valence-electron chi connectivity index (χ3n) is 5.20. The molecule has 1 amide bonds. The summed E-state index contributed by atoms with van der Waals surface area (Å²) in [5.41, 5.74) is 5.25. The Labute approximate surface area is 164 Å². The largest absolute Gasteiger partial charge is 0.378 e. The van der Waals surface area contributed by atoms with Crippen molar-refractivity contribution in [2.75, 3.05) is 30.4 Å². The Morgan fingerprint density at radius 1 is 1.11 bits per heavy atom. The van der Waals surface area contributed by atoms with Crippen molar-refractivity contribution in [2.24, 2.45) is 0 Å². The van der Waals surface area contributed by atoms with Gasteiger partial charge in [-0.1, -0.05) is 22.9 Å². The van der Waals surface area contributed by atoms with Crippen LogP contribution in [0, 0.1) is 13.8 Å². The SMILES string of the molecule is Cc1ccc(N2CC(c3nc(-c4ccc(N(C)C)cc4)no3)CC2=O)c(C)c1. The number of amides is 1. The molecule has 144 valence electrons. The van der Waals surface area contributed by atoms with Gasteiger partial charge in [0.1, 0.15) is 0 Å². The number of aryl methyl sites for hydroxylation is 2. The van der Waals surface area contributed by atoms with E-state index in [0.29, 0.717) is 24.7 Å². The molecule has 2 aromatic carbocycles. The number of carbonyl (C=O) groups is 1. The lowest BCUT2D eigenvalue weighted by atomic mass is 10.1. The zero-order valence-corrected chi connectivity index (χ0v) is 16.6. The summed E-state index contributed by atoms with van der Waals surface area (Å²) in [6, 6.07) is 14.1. The minimum Gasteiger partial charge on any atom is -0.378 e. The van der Waals surface area contributed by atoms with Crippen LogP contribution in [-0.2, 0) is 4.79 Å². The second-order valence-corrected chi connectivity index (χ2v) is 7.59. The zero-order chi connectivity index (χ0) is 19.8. The topological polar surface area (TPSA) is 62.5 Å². The molecule has 6 heteroatoms. The van der Waals surface area contributed by atoms with E-state index in [4.69, 9.17) is 4.52 Å². The van der Waals surface area contributed by atoms with Gasteiger partial charge in [0, 0.05) is 44.0 Å². The van der Waals surface area contributed by atoms with E-state index in [1.54, 1.807) is 0 Å². The highest BCUT2D eigenvalue weighted by Gasteiger charge is 2.35. The molecule has 0 spiro atoms. The number of aromatic nitrogens is 2. The van der Waals surface area contributed by atoms with Gasteiger partial charge in [-0.2, -0.15) is 4.98 Å². The van der Waals surface area contributed by atoms with Crippen LogP contribution in [0.25, 0.3) is 11.4 Å². The molecule has 1 aliphatic heterocycles. The third-order valence-corrected chi connectivity index (χ3v) is 5.20. The van der Waals surface area contributed by atoms with Crippen molar-refractivity contribution in [1.82, 2.24) is 10.1 Å². The van der Waals surface area contributed by atoms with Crippen LogP contribution in [0.4, 0.5) is 11.4 Å². The number of carbonyl (C=O) groups excluding carboxylic acids is 1. The first-order chi connectivity index (χ1) is 13.4. The molecule has 3 aromatic rings. The quantitative estimate of drug-likeness (QED) is 0.690. The van der Waals surface area contributed by atoms with E-state index < -0.39 is 0 Å². The summed E-state index contributed by atoms with van der Waals surface area (Å²) in [4.78, 5) is 21.0. The van der Waals surface area contributed by atoms with Crippen molar-refractivity contribution in [3.05, 3.63) is 59.5 Å². The molecule has 0 N–H and O–H groups in total. The molecule has 1 aromatic heterocycles. The van der Waals surface area contributed by atoms with Crippen LogP contribution in [0.1, 0.15) is 29.4 Å². The highest BCUT2D eigenvalue weighted by Crippen LogP contribution is 2.33. The highest BCUT2D eigenvalue weighted by molar-refractivity contribution is 5.97. The number of anilines is 2. The first-order valence-electron chi connectivity index (χ1n) is 9.41. The van der Waals surface area contributed by atoms with Gasteiger partial charge in [0.25, 0.3) is 0 Å². The average Bonchev–Trinajstić information content (AvgIpc) is 3.29. The van der Waals surface area contributed by atoms with Crippen LogP contribution in [0.15, 0.2) is 47.0 Å². The number of benzene rings is 2. The molecule has 0 bridgehead atoms. The fraction of sp³-hybridized carbons (Fsp3) is 0.318. The molecule has 1 unspecified atom stereocenters. The lowest BCUT2D eigenvalue weighted by Gasteiger charge is -2.19. The first kappa shape index (κ1) is 18.2. The van der Waals surface area contributed by atoms with E-state index in [1.807, 2.05) is 67.2 Å². The first-order valence-corrected chi connectivity index (χ1v) is 9.41. The third kappa shape index (κ3) is 3.38. The van der Waals surface area contributed by atoms with Gasteiger partial charge in [-0.25, -0.2) is 0 Å². The minimum atomic E-state index is -0.0875. The molecule has 6 nitrogen and oxygen atoms in total. The van der Waals surface area contributed by atoms with E-state index in [-0.39, 0.29) is 11.8 Å². The molecule has 0 aliphatic carbocycles. The molecular weight excluding hydrogens is 352 g/mol. The minimum absolute atomic E-state index is 0.0875. The summed E-state index contributed by atoms with van der Waals surface area (Å²) in [6.07, 6.45) is 0.383. The van der Waals surface area contributed by atoms with Crippen LogP contribution in [0.3, 0.4) is 0 Å². The van der Waals surface area contributed by atoms with Crippen molar-refractivity contribution in [1.29, 1.82) is 0 Å². The molecule has 2 heterocycles. The summed E-state index contributed by atoms with van der Waals surface area (Å²) in [5.74, 6) is 1.08. The van der Waals surface area contributed by atoms with Crippen LogP contribution in [0.2, 0.25) is 0 Å². The Kier molecular flexibility index (Phi) is 4.63. The predicted octanol–water partition coefficient (Wildman–Crippen LogP) is 3.94. The maximum absolute atomic E-state index is 12.6. The average molecular weight is 376 g/mol. The van der Waals surface area contributed by atoms with Gasteiger partial charge in [0.05, 0.1) is 5.92 Å². The van der Waals surface area contributed by atoms with Crippen LogP contribution >= 0.6 is 0 Å². The van der Waals surface area contributed by atoms with Crippen molar-refractivity contribution in [3.63, 3.8) is 0 Å². The summed E-state index contributed by atoms with van der Waals surface area (Å²) >= 11 is 0. The molecular formula is C22H24N4O2. The predicted molar refractivity (Wildman–Crippen MR) is 110 cm³/mol. The second-order valence-electron chi connectivity index (χ2n) is 7.59. The molecule has 1 fully saturated rings. The Morgan fingerprint density at radius 2 is 1.86 bits per heavy atom. The Balaban J connectivity index is 1.54. The summed E-state index contributed by atoms with van der Waals surface area (Å²) in [7, 11) is 4.00. The summed E-state index contributed by atoms with van der Waals surface area (Å²) in [5, 5.41) is 4.13. The van der Waals surface area contributed by atoms with E-state index in [0.717, 1.165) is 22.5 Å². The molecule has 0 saturated carbocycles. The molecule has 1 aliphatic rings. The Morgan fingerprint density at radius 3 is 2.54 bits per heavy atom. The van der Waals surface area contributed by atoms with Gasteiger partial charge in [0.15, 0.2) is 0 Å². The Bertz CT molecular complexity index is 1010. The normalized spacial score (nSPS) is 16.6. The van der Waals surface area contributed by atoms with E-state index in [1.165, 1.54) is 5.56 Å².